The van der Waals surface area contributed by atoms with Gasteiger partial charge in [0.05, 0.1) is 5.69 Å². The molecule has 4 rings (SSSR count). The van der Waals surface area contributed by atoms with Gasteiger partial charge in [-0.1, -0.05) is 36.8 Å². The van der Waals surface area contributed by atoms with Gasteiger partial charge in [0.15, 0.2) is 0 Å². The van der Waals surface area contributed by atoms with Crippen LogP contribution >= 0.6 is 11.3 Å². The number of thiophene rings is 1. The Bertz CT molecular complexity index is 952. The first kappa shape index (κ1) is 23.0. The van der Waals surface area contributed by atoms with E-state index in [4.69, 9.17) is 0 Å². The normalized spacial score (nSPS) is 22.6. The van der Waals surface area contributed by atoms with Crippen LogP contribution in [0.5, 0.6) is 0 Å². The molecule has 1 saturated heterocycles. The molecule has 0 atom stereocenters. The largest absolute Gasteiger partial charge is 0.477 e. The quantitative estimate of drug-likeness (QED) is 0.632. The number of aromatic carboxylic acids is 1. The first-order valence-electron chi connectivity index (χ1n) is 11.8. The summed E-state index contributed by atoms with van der Waals surface area (Å²) in [6.45, 7) is 6.14. The zero-order valence-electron chi connectivity index (χ0n) is 19.3. The molecule has 2 heterocycles. The molecule has 1 aliphatic heterocycles. The van der Waals surface area contributed by atoms with Crippen LogP contribution in [0, 0.1) is 18.8 Å². The lowest BCUT2D eigenvalue weighted by atomic mass is 9.82. The number of carboxylic acids is 1. The summed E-state index contributed by atoms with van der Waals surface area (Å²) >= 11 is 1.28. The van der Waals surface area contributed by atoms with E-state index in [1.807, 2.05) is 42.2 Å². The lowest BCUT2D eigenvalue weighted by molar-refractivity contribution is -0.124. The van der Waals surface area contributed by atoms with Crippen molar-refractivity contribution in [2.24, 2.45) is 11.8 Å². The average molecular weight is 455 g/mol. The second-order valence-corrected chi connectivity index (χ2v) is 10.7. The van der Waals surface area contributed by atoms with Crippen molar-refractivity contribution in [1.82, 2.24) is 4.90 Å². The smallest absolute Gasteiger partial charge is 0.348 e. The zero-order chi connectivity index (χ0) is 22.8. The monoisotopic (exact) mass is 454 g/mol. The van der Waals surface area contributed by atoms with Crippen LogP contribution in [0.15, 0.2) is 30.3 Å². The molecule has 1 amide bonds. The number of hydrogen-bond acceptors (Lipinski definition) is 4. The van der Waals surface area contributed by atoms with Crippen molar-refractivity contribution in [3.8, 4) is 10.4 Å². The topological polar surface area (TPSA) is 60.9 Å². The molecule has 172 valence electrons. The summed E-state index contributed by atoms with van der Waals surface area (Å²) in [5, 5.41) is 10.1. The van der Waals surface area contributed by atoms with Crippen LogP contribution in [0.1, 0.15) is 60.7 Å². The van der Waals surface area contributed by atoms with Gasteiger partial charge >= 0.3 is 5.97 Å². The molecule has 2 aromatic rings. The Morgan fingerprint density at radius 1 is 1.03 bits per heavy atom. The number of piperidine rings is 1. The maximum atomic E-state index is 13.9. The number of likely N-dealkylation sites (tertiary alicyclic amines) is 1. The van der Waals surface area contributed by atoms with Gasteiger partial charge in [0.25, 0.3) is 0 Å². The minimum absolute atomic E-state index is 0.00442. The van der Waals surface area contributed by atoms with Crippen molar-refractivity contribution >= 4 is 28.9 Å². The van der Waals surface area contributed by atoms with Crippen molar-refractivity contribution in [1.29, 1.82) is 0 Å². The van der Waals surface area contributed by atoms with Gasteiger partial charge in [-0.15, -0.1) is 11.3 Å². The summed E-state index contributed by atoms with van der Waals surface area (Å²) in [6.07, 6.45) is 5.70. The number of rotatable bonds is 5. The molecule has 1 aromatic heterocycles. The number of benzene rings is 1. The molecule has 5 nitrogen and oxygen atoms in total. The highest BCUT2D eigenvalue weighted by molar-refractivity contribution is 7.18. The van der Waals surface area contributed by atoms with E-state index in [-0.39, 0.29) is 22.7 Å². The fraction of sp³-hybridized carbons (Fsp3) is 0.538. The third-order valence-corrected chi connectivity index (χ3v) is 8.32. The van der Waals surface area contributed by atoms with E-state index in [1.54, 1.807) is 0 Å². The summed E-state index contributed by atoms with van der Waals surface area (Å²) in [7, 11) is 2.10. The standard InChI is InChI=1S/C26H34N2O3S/c1-17-4-8-19(9-5-17)23-16-22(24(32-23)26(30)31)28(21-12-14-27(3)15-13-21)25(29)20-10-6-18(2)7-11-20/h4-5,8-9,16,18,20-21H,6-7,10-15H2,1-3H3,(H,30,31). The van der Waals surface area contributed by atoms with E-state index < -0.39 is 5.97 Å². The molecule has 32 heavy (non-hydrogen) atoms. The van der Waals surface area contributed by atoms with Gasteiger partial charge in [0.1, 0.15) is 4.88 Å². The van der Waals surface area contributed by atoms with Crippen LogP contribution in [0.25, 0.3) is 10.4 Å². The maximum absolute atomic E-state index is 13.9. The van der Waals surface area contributed by atoms with Crippen molar-refractivity contribution < 1.29 is 14.7 Å². The van der Waals surface area contributed by atoms with Crippen LogP contribution in [0.4, 0.5) is 5.69 Å². The van der Waals surface area contributed by atoms with Gasteiger partial charge in [0, 0.05) is 16.8 Å². The Morgan fingerprint density at radius 3 is 2.25 bits per heavy atom. The fourth-order valence-corrected chi connectivity index (χ4v) is 6.02. The van der Waals surface area contributed by atoms with E-state index in [9.17, 15) is 14.7 Å². The molecule has 2 aliphatic rings. The van der Waals surface area contributed by atoms with Gasteiger partial charge in [-0.3, -0.25) is 4.79 Å². The number of carbonyl (C=O) groups excluding carboxylic acids is 1. The number of nitrogens with zero attached hydrogens (tertiary/aromatic N) is 2. The van der Waals surface area contributed by atoms with Crippen LogP contribution < -0.4 is 4.90 Å². The minimum Gasteiger partial charge on any atom is -0.477 e. The third-order valence-electron chi connectivity index (χ3n) is 7.16. The number of anilines is 1. The van der Waals surface area contributed by atoms with Gasteiger partial charge in [-0.05, 0) is 83.1 Å². The van der Waals surface area contributed by atoms with Crippen LogP contribution in [0.2, 0.25) is 0 Å². The Kier molecular flexibility index (Phi) is 7.01. The molecular weight excluding hydrogens is 420 g/mol. The van der Waals surface area contributed by atoms with E-state index >= 15 is 0 Å². The zero-order valence-corrected chi connectivity index (χ0v) is 20.2. The van der Waals surface area contributed by atoms with Gasteiger partial charge in [-0.2, -0.15) is 0 Å². The SMILES string of the molecule is Cc1ccc(-c2cc(N(C(=O)C3CCC(C)CC3)C3CCN(C)CC3)c(C(=O)O)s2)cc1. The molecule has 0 radical (unpaired) electrons. The second kappa shape index (κ2) is 9.75. The lowest BCUT2D eigenvalue weighted by Crippen LogP contribution is -2.49. The molecular formula is C26H34N2O3S. The highest BCUT2D eigenvalue weighted by Gasteiger charge is 2.37. The highest BCUT2D eigenvalue weighted by Crippen LogP contribution is 2.41. The summed E-state index contributed by atoms with van der Waals surface area (Å²) < 4.78 is 0. The van der Waals surface area contributed by atoms with Crippen molar-refractivity contribution in [3.63, 3.8) is 0 Å². The number of carboxylic acid groups (broad SMARTS) is 1. The third kappa shape index (κ3) is 4.91. The molecule has 1 saturated carbocycles. The van der Waals surface area contributed by atoms with Gasteiger partial charge in [0.2, 0.25) is 5.91 Å². The minimum atomic E-state index is -0.952. The lowest BCUT2D eigenvalue weighted by Gasteiger charge is -2.39. The average Bonchev–Trinajstić information content (AvgIpc) is 3.21. The Morgan fingerprint density at radius 2 is 1.66 bits per heavy atom. The molecule has 6 heteroatoms. The second-order valence-electron chi connectivity index (χ2n) is 9.70. The predicted molar refractivity (Wildman–Crippen MR) is 131 cm³/mol. The summed E-state index contributed by atoms with van der Waals surface area (Å²) in [6, 6.07) is 10.1. The van der Waals surface area contributed by atoms with Crippen LogP contribution in [0.3, 0.4) is 0 Å². The number of aryl methyl sites for hydroxylation is 1. The summed E-state index contributed by atoms with van der Waals surface area (Å²) in [5.74, 6) is -0.163. The molecule has 1 aromatic carbocycles. The molecule has 1 N–H and O–H groups in total. The van der Waals surface area contributed by atoms with Crippen LogP contribution in [-0.2, 0) is 4.79 Å². The van der Waals surface area contributed by atoms with E-state index in [2.05, 4.69) is 18.9 Å². The van der Waals surface area contributed by atoms with E-state index in [0.29, 0.717) is 11.6 Å². The summed E-state index contributed by atoms with van der Waals surface area (Å²) in [5.41, 5.74) is 2.76. The molecule has 0 unspecified atom stereocenters. The Balaban J connectivity index is 1.73. The predicted octanol–water partition coefficient (Wildman–Crippen LogP) is 5.68. The maximum Gasteiger partial charge on any atom is 0.348 e. The highest BCUT2D eigenvalue weighted by atomic mass is 32.1. The Labute approximate surface area is 195 Å². The number of amides is 1. The van der Waals surface area contributed by atoms with Crippen molar-refractivity contribution in [3.05, 3.63) is 40.8 Å². The molecule has 0 spiro atoms. The molecule has 0 bridgehead atoms. The van der Waals surface area contributed by atoms with Gasteiger partial charge in [-0.25, -0.2) is 4.79 Å². The fourth-order valence-electron chi connectivity index (χ4n) is 5.03. The number of hydrogen-bond donors (Lipinski definition) is 1. The van der Waals surface area contributed by atoms with Gasteiger partial charge < -0.3 is 14.9 Å². The first-order valence-corrected chi connectivity index (χ1v) is 12.6. The van der Waals surface area contributed by atoms with Crippen molar-refractivity contribution in [2.45, 2.75) is 58.4 Å². The first-order chi connectivity index (χ1) is 15.3. The molecule has 2 fully saturated rings. The summed E-state index contributed by atoms with van der Waals surface area (Å²) in [4.78, 5) is 31.5. The Hall–Kier alpha value is -2.18. The number of carbonyl (C=O) groups is 2. The molecule has 1 aliphatic carbocycles. The van der Waals surface area contributed by atoms with Crippen molar-refractivity contribution in [2.75, 3.05) is 25.0 Å². The van der Waals surface area contributed by atoms with E-state index in [1.165, 1.54) is 16.9 Å². The van der Waals surface area contributed by atoms with E-state index in [0.717, 1.165) is 62.1 Å². The van der Waals surface area contributed by atoms with Crippen LogP contribution in [-0.4, -0.2) is 48.1 Å².